The zero-order valence-corrected chi connectivity index (χ0v) is 20.6. The van der Waals surface area contributed by atoms with Crippen LogP contribution >= 0.6 is 0 Å². The van der Waals surface area contributed by atoms with E-state index in [4.69, 9.17) is 4.74 Å². The maximum atomic E-state index is 14.7. The zero-order valence-electron chi connectivity index (χ0n) is 20.6. The molecule has 0 saturated heterocycles. The lowest BCUT2D eigenvalue weighted by atomic mass is 9.79. The number of alkyl halides is 4. The van der Waals surface area contributed by atoms with E-state index in [0.29, 0.717) is 18.8 Å². The predicted molar refractivity (Wildman–Crippen MR) is 123 cm³/mol. The van der Waals surface area contributed by atoms with Crippen molar-refractivity contribution in [3.8, 4) is 17.2 Å². The highest BCUT2D eigenvalue weighted by atomic mass is 19.3. The van der Waals surface area contributed by atoms with E-state index in [9.17, 15) is 39.5 Å². The van der Waals surface area contributed by atoms with Crippen LogP contribution in [0.15, 0.2) is 60.6 Å². The molecule has 0 aromatic heterocycles. The van der Waals surface area contributed by atoms with Gasteiger partial charge in [-0.25, -0.2) is 8.78 Å². The Kier molecular flexibility index (Phi) is 9.84. The summed E-state index contributed by atoms with van der Waals surface area (Å²) in [7, 11) is 0. The molecule has 1 aliphatic rings. The van der Waals surface area contributed by atoms with Crippen LogP contribution in [0.25, 0.3) is 0 Å². The highest BCUT2D eigenvalue weighted by Gasteiger charge is 2.44. The molecular formula is C27H25F9O3. The van der Waals surface area contributed by atoms with Crippen LogP contribution in [0.2, 0.25) is 0 Å². The van der Waals surface area contributed by atoms with Gasteiger partial charge in [0.05, 0.1) is 11.5 Å². The lowest BCUT2D eigenvalue weighted by Gasteiger charge is -2.33. The van der Waals surface area contributed by atoms with Crippen LogP contribution in [0, 0.1) is 23.5 Å². The Balaban J connectivity index is 1.63. The van der Waals surface area contributed by atoms with Gasteiger partial charge in [-0.2, -0.15) is 30.7 Å². The second kappa shape index (κ2) is 12.7. The molecule has 2 aromatic carbocycles. The highest BCUT2D eigenvalue weighted by Crippen LogP contribution is 2.42. The third kappa shape index (κ3) is 8.09. The van der Waals surface area contributed by atoms with Gasteiger partial charge in [-0.05, 0) is 75.6 Å². The summed E-state index contributed by atoms with van der Waals surface area (Å²) < 4.78 is 136. The minimum absolute atomic E-state index is 0.170. The molecule has 1 fully saturated rings. The molecule has 0 unspecified atom stereocenters. The molecule has 3 rings (SSSR count). The van der Waals surface area contributed by atoms with E-state index in [0.717, 1.165) is 37.1 Å². The van der Waals surface area contributed by atoms with Gasteiger partial charge in [-0.3, -0.25) is 0 Å². The molecule has 0 atom stereocenters. The lowest BCUT2D eigenvalue weighted by Crippen LogP contribution is -2.37. The fourth-order valence-electron chi connectivity index (χ4n) is 4.27. The van der Waals surface area contributed by atoms with E-state index in [1.807, 2.05) is 19.1 Å². The van der Waals surface area contributed by atoms with Crippen molar-refractivity contribution in [3.05, 3.63) is 77.8 Å². The molecule has 3 nitrogen and oxygen atoms in total. The molecule has 0 spiro atoms. The minimum atomic E-state index is -4.20. The zero-order chi connectivity index (χ0) is 28.8. The van der Waals surface area contributed by atoms with Gasteiger partial charge in [0.1, 0.15) is 11.5 Å². The molecule has 0 radical (unpaired) electrons. The second-order valence-electron chi connectivity index (χ2n) is 9.02. The van der Waals surface area contributed by atoms with Crippen LogP contribution in [-0.2, 0) is 6.11 Å². The minimum Gasteiger partial charge on any atom is -0.432 e. The smallest absolute Gasteiger partial charge is 0.426 e. The molecule has 0 bridgehead atoms. The van der Waals surface area contributed by atoms with Gasteiger partial charge in [0.15, 0.2) is 11.6 Å². The van der Waals surface area contributed by atoms with E-state index < -0.39 is 58.9 Å². The van der Waals surface area contributed by atoms with Gasteiger partial charge in [-0.15, -0.1) is 0 Å². The van der Waals surface area contributed by atoms with Crippen molar-refractivity contribution in [3.63, 3.8) is 0 Å². The van der Waals surface area contributed by atoms with Crippen molar-refractivity contribution >= 4 is 0 Å². The van der Waals surface area contributed by atoms with Crippen LogP contribution in [0.4, 0.5) is 39.5 Å². The fourth-order valence-corrected chi connectivity index (χ4v) is 4.27. The van der Waals surface area contributed by atoms with E-state index in [-0.39, 0.29) is 30.7 Å². The van der Waals surface area contributed by atoms with Crippen molar-refractivity contribution in [2.75, 3.05) is 0 Å². The standard InChI is InChI=1S/C27H25F9O3/c1-2-3-4-5-16-6-8-17(9-7-16)26(33,34)38-19-12-10-18(11-13-19)27(35,36)39-20-14-21(28)23(22(29)15-20)37-25(32)24(30)31/h2-3,10-17H,4-9H2,1H3. The van der Waals surface area contributed by atoms with Gasteiger partial charge in [0.25, 0.3) is 0 Å². The summed E-state index contributed by atoms with van der Waals surface area (Å²) in [5.41, 5.74) is -0.866. The fraction of sp³-hybridized carbons (Fsp3) is 0.407. The van der Waals surface area contributed by atoms with Gasteiger partial charge in [0, 0.05) is 12.1 Å². The number of halogens is 9. The van der Waals surface area contributed by atoms with Crippen LogP contribution in [0.5, 0.6) is 17.2 Å². The van der Waals surface area contributed by atoms with Crippen LogP contribution in [0.1, 0.15) is 51.0 Å². The summed E-state index contributed by atoms with van der Waals surface area (Å²) in [5.74, 6) is -7.31. The maximum Gasteiger partial charge on any atom is 0.426 e. The average molecular weight is 568 g/mol. The normalized spacial score (nSPS) is 18.2. The van der Waals surface area contributed by atoms with E-state index in [2.05, 4.69) is 9.47 Å². The molecule has 0 N–H and O–H groups in total. The number of hydrogen-bond donors (Lipinski definition) is 0. The number of allylic oxidation sites excluding steroid dienone is 2. The molecule has 1 saturated carbocycles. The Hall–Kier alpha value is -3.31. The predicted octanol–water partition coefficient (Wildman–Crippen LogP) is 9.64. The molecule has 2 aromatic rings. The second-order valence-corrected chi connectivity index (χ2v) is 9.02. The molecule has 1 aliphatic carbocycles. The van der Waals surface area contributed by atoms with Gasteiger partial charge in [0.2, 0.25) is 5.75 Å². The Labute approximate surface area is 218 Å². The molecular weight excluding hydrogens is 543 g/mol. The first-order valence-corrected chi connectivity index (χ1v) is 12.1. The molecule has 12 heteroatoms. The monoisotopic (exact) mass is 568 g/mol. The summed E-state index contributed by atoms with van der Waals surface area (Å²) in [6.45, 7) is 1.91. The Morgan fingerprint density at radius 1 is 0.872 bits per heavy atom. The molecule has 39 heavy (non-hydrogen) atoms. The summed E-state index contributed by atoms with van der Waals surface area (Å²) >= 11 is 0. The summed E-state index contributed by atoms with van der Waals surface area (Å²) in [4.78, 5) is 0. The Morgan fingerprint density at radius 2 is 1.46 bits per heavy atom. The topological polar surface area (TPSA) is 27.7 Å². The summed E-state index contributed by atoms with van der Waals surface area (Å²) in [5, 5.41) is 0. The van der Waals surface area contributed by atoms with Crippen molar-refractivity contribution in [2.45, 2.75) is 57.7 Å². The van der Waals surface area contributed by atoms with E-state index >= 15 is 0 Å². The SMILES string of the molecule is CC=CCCC1CCC(C(F)(F)Oc2ccc(C(F)(F)Oc3cc(F)c(OC(F)=C(F)F)c(F)c3)cc2)CC1. The quantitative estimate of drug-likeness (QED) is 0.154. The van der Waals surface area contributed by atoms with Crippen LogP contribution in [0.3, 0.4) is 0 Å². The maximum absolute atomic E-state index is 14.7. The highest BCUT2D eigenvalue weighted by molar-refractivity contribution is 5.37. The number of benzene rings is 2. The summed E-state index contributed by atoms with van der Waals surface area (Å²) in [6, 6.07) is 0.985. The average Bonchev–Trinajstić information content (AvgIpc) is 2.86. The number of rotatable bonds is 11. The lowest BCUT2D eigenvalue weighted by molar-refractivity contribution is -0.223. The molecule has 0 heterocycles. The first-order chi connectivity index (χ1) is 18.3. The van der Waals surface area contributed by atoms with E-state index in [1.54, 1.807) is 0 Å². The van der Waals surface area contributed by atoms with E-state index in [1.165, 1.54) is 0 Å². The molecule has 214 valence electrons. The molecule has 0 amide bonds. The van der Waals surface area contributed by atoms with Crippen molar-refractivity contribution in [1.82, 2.24) is 0 Å². The van der Waals surface area contributed by atoms with Crippen LogP contribution < -0.4 is 14.2 Å². The third-order valence-electron chi connectivity index (χ3n) is 6.30. The third-order valence-corrected chi connectivity index (χ3v) is 6.30. The summed E-state index contributed by atoms with van der Waals surface area (Å²) in [6.07, 6.45) is -3.13. The van der Waals surface area contributed by atoms with Gasteiger partial charge >= 0.3 is 24.3 Å². The van der Waals surface area contributed by atoms with Gasteiger partial charge < -0.3 is 14.2 Å². The van der Waals surface area contributed by atoms with Gasteiger partial charge in [-0.1, -0.05) is 12.2 Å². The first-order valence-electron chi connectivity index (χ1n) is 12.1. The van der Waals surface area contributed by atoms with Crippen LogP contribution in [-0.4, -0.2) is 6.11 Å². The van der Waals surface area contributed by atoms with Crippen molar-refractivity contribution in [1.29, 1.82) is 0 Å². The number of ether oxygens (including phenoxy) is 3. The Morgan fingerprint density at radius 3 is 2.00 bits per heavy atom. The first kappa shape index (κ1) is 30.2. The van der Waals surface area contributed by atoms with Crippen molar-refractivity contribution < 1.29 is 53.7 Å². The Bertz CT molecular complexity index is 1140. The number of hydrogen-bond acceptors (Lipinski definition) is 3. The van der Waals surface area contributed by atoms with Crippen molar-refractivity contribution in [2.24, 2.45) is 11.8 Å². The molecule has 0 aliphatic heterocycles. The largest absolute Gasteiger partial charge is 0.432 e.